The summed E-state index contributed by atoms with van der Waals surface area (Å²) in [4.78, 5) is 12.8. The first kappa shape index (κ1) is 17.7. The number of ether oxygens (including phenoxy) is 3. The fourth-order valence-corrected chi connectivity index (χ4v) is 3.08. The van der Waals surface area contributed by atoms with Gasteiger partial charge in [0.15, 0.2) is 6.79 Å². The minimum absolute atomic E-state index is 0.0174. The van der Waals surface area contributed by atoms with Crippen molar-refractivity contribution in [1.29, 1.82) is 5.26 Å². The summed E-state index contributed by atoms with van der Waals surface area (Å²) in [6.45, 7) is -0.0174. The minimum Gasteiger partial charge on any atom is -0.467 e. The van der Waals surface area contributed by atoms with Gasteiger partial charge in [0, 0.05) is 19.4 Å². The first-order chi connectivity index (χ1) is 12.7. The topological polar surface area (TPSA) is 86.4 Å². The van der Waals surface area contributed by atoms with E-state index in [-0.39, 0.29) is 12.4 Å². The molecule has 0 spiro atoms. The fraction of sp³-hybridized carbons (Fsp3) is 0.167. The number of thiophene rings is 1. The largest absolute Gasteiger partial charge is 0.467 e. The lowest BCUT2D eigenvalue weighted by atomic mass is 10.2. The molecular formula is C18H15N3O4S. The molecule has 2 heterocycles. The first-order valence-electron chi connectivity index (χ1n) is 7.56. The monoisotopic (exact) mass is 369 g/mol. The zero-order valence-corrected chi connectivity index (χ0v) is 14.9. The lowest BCUT2D eigenvalue weighted by molar-refractivity contribution is 0.0465. The Morgan fingerprint density at radius 1 is 1.35 bits per heavy atom. The number of esters is 1. The summed E-state index contributed by atoms with van der Waals surface area (Å²) < 4.78 is 16.7. The maximum atomic E-state index is 11.9. The molecule has 0 aliphatic rings. The van der Waals surface area contributed by atoms with Gasteiger partial charge in [-0.25, -0.2) is 9.48 Å². The van der Waals surface area contributed by atoms with E-state index >= 15 is 0 Å². The summed E-state index contributed by atoms with van der Waals surface area (Å²) in [6.07, 6.45) is 1.64. The summed E-state index contributed by atoms with van der Waals surface area (Å²) in [7, 11) is 2.79. The van der Waals surface area contributed by atoms with Gasteiger partial charge in [-0.15, -0.1) is 11.3 Å². The molecule has 0 bridgehead atoms. The number of carbonyl (C=O) groups is 1. The Labute approximate surface area is 154 Å². The Morgan fingerprint density at radius 3 is 2.85 bits per heavy atom. The molecule has 0 atom stereocenters. The number of rotatable bonds is 6. The van der Waals surface area contributed by atoms with Crippen LogP contribution in [0.2, 0.25) is 0 Å². The highest BCUT2D eigenvalue weighted by molar-refractivity contribution is 7.13. The van der Waals surface area contributed by atoms with E-state index in [4.69, 9.17) is 14.2 Å². The normalized spacial score (nSPS) is 10.3. The summed E-state index contributed by atoms with van der Waals surface area (Å²) in [5.41, 5.74) is 1.99. The summed E-state index contributed by atoms with van der Waals surface area (Å²) >= 11 is 1.51. The molecule has 3 aromatic rings. The van der Waals surface area contributed by atoms with Gasteiger partial charge in [-0.2, -0.15) is 10.4 Å². The van der Waals surface area contributed by atoms with Crippen LogP contribution in [-0.4, -0.2) is 36.8 Å². The number of nitriles is 1. The van der Waals surface area contributed by atoms with E-state index in [0.717, 1.165) is 4.88 Å². The van der Waals surface area contributed by atoms with Crippen LogP contribution in [0, 0.1) is 11.3 Å². The third-order valence-corrected chi connectivity index (χ3v) is 4.43. The number of aromatic nitrogens is 2. The van der Waals surface area contributed by atoms with Crippen LogP contribution in [0.25, 0.3) is 16.3 Å². The van der Waals surface area contributed by atoms with Crippen LogP contribution in [0.3, 0.4) is 0 Å². The molecule has 0 unspecified atom stereocenters. The van der Waals surface area contributed by atoms with Crippen molar-refractivity contribution in [3.05, 3.63) is 53.0 Å². The highest BCUT2D eigenvalue weighted by Crippen LogP contribution is 2.29. The minimum atomic E-state index is -0.514. The van der Waals surface area contributed by atoms with Crippen molar-refractivity contribution in [2.24, 2.45) is 0 Å². The molecule has 0 saturated carbocycles. The molecule has 132 valence electrons. The SMILES string of the molecule is COCOc1cc(-n2cc(C#N)c(-c3cccs3)n2)ccc1C(=O)OC. The van der Waals surface area contributed by atoms with Crippen molar-refractivity contribution in [3.8, 4) is 28.1 Å². The quantitative estimate of drug-likeness (QED) is 0.490. The molecule has 26 heavy (non-hydrogen) atoms. The maximum absolute atomic E-state index is 11.9. The molecule has 0 aliphatic heterocycles. The summed E-state index contributed by atoms with van der Waals surface area (Å²) in [5, 5.41) is 15.8. The second-order valence-electron chi connectivity index (χ2n) is 5.15. The maximum Gasteiger partial charge on any atom is 0.341 e. The molecule has 7 nitrogen and oxygen atoms in total. The molecule has 8 heteroatoms. The van der Waals surface area contributed by atoms with E-state index in [1.54, 1.807) is 29.1 Å². The average molecular weight is 369 g/mol. The Bertz CT molecular complexity index is 957. The Kier molecular flexibility index (Phi) is 5.31. The van der Waals surface area contributed by atoms with Crippen molar-refractivity contribution in [2.75, 3.05) is 21.0 Å². The Balaban J connectivity index is 2.04. The van der Waals surface area contributed by atoms with Crippen molar-refractivity contribution in [1.82, 2.24) is 9.78 Å². The van der Waals surface area contributed by atoms with Gasteiger partial charge in [-0.3, -0.25) is 0 Å². The van der Waals surface area contributed by atoms with Gasteiger partial charge in [0.05, 0.1) is 23.2 Å². The zero-order valence-electron chi connectivity index (χ0n) is 14.1. The van der Waals surface area contributed by atoms with Gasteiger partial charge in [0.1, 0.15) is 23.1 Å². The molecule has 0 fully saturated rings. The lowest BCUT2D eigenvalue weighted by Gasteiger charge is -2.11. The number of carbonyl (C=O) groups excluding carboxylic acids is 1. The van der Waals surface area contributed by atoms with Crippen molar-refractivity contribution in [2.45, 2.75) is 0 Å². The highest BCUT2D eigenvalue weighted by Gasteiger charge is 2.17. The molecule has 2 aromatic heterocycles. The van der Waals surface area contributed by atoms with Crippen molar-refractivity contribution >= 4 is 17.3 Å². The zero-order chi connectivity index (χ0) is 18.5. The van der Waals surface area contributed by atoms with Crippen molar-refractivity contribution < 1.29 is 19.0 Å². The van der Waals surface area contributed by atoms with Gasteiger partial charge in [-0.05, 0) is 23.6 Å². The van der Waals surface area contributed by atoms with Crippen LogP contribution in [0.5, 0.6) is 5.75 Å². The van der Waals surface area contributed by atoms with Crippen LogP contribution >= 0.6 is 11.3 Å². The van der Waals surface area contributed by atoms with Gasteiger partial charge in [0.25, 0.3) is 0 Å². The smallest absolute Gasteiger partial charge is 0.341 e. The Morgan fingerprint density at radius 2 is 2.19 bits per heavy atom. The van der Waals surface area contributed by atoms with Gasteiger partial charge >= 0.3 is 5.97 Å². The van der Waals surface area contributed by atoms with Crippen LogP contribution in [-0.2, 0) is 9.47 Å². The number of hydrogen-bond acceptors (Lipinski definition) is 7. The Hall–Kier alpha value is -3.15. The van der Waals surface area contributed by atoms with Crippen LogP contribution < -0.4 is 4.74 Å². The van der Waals surface area contributed by atoms with Crippen LogP contribution in [0.4, 0.5) is 0 Å². The number of benzene rings is 1. The molecule has 0 N–H and O–H groups in total. The molecule has 0 aliphatic carbocycles. The summed E-state index contributed by atoms with van der Waals surface area (Å²) in [6, 6.07) is 10.9. The third kappa shape index (κ3) is 3.44. The van der Waals surface area contributed by atoms with E-state index in [1.807, 2.05) is 17.5 Å². The third-order valence-electron chi connectivity index (χ3n) is 3.56. The van der Waals surface area contributed by atoms with Gasteiger partial charge in [-0.1, -0.05) is 6.07 Å². The summed E-state index contributed by atoms with van der Waals surface area (Å²) in [5.74, 6) is -0.206. The van der Waals surface area contributed by atoms with Gasteiger partial charge in [0.2, 0.25) is 0 Å². The van der Waals surface area contributed by atoms with Crippen LogP contribution in [0.1, 0.15) is 15.9 Å². The molecular weight excluding hydrogens is 354 g/mol. The van der Waals surface area contributed by atoms with Crippen molar-refractivity contribution in [3.63, 3.8) is 0 Å². The number of hydrogen-bond donors (Lipinski definition) is 0. The standard InChI is InChI=1S/C18H15N3O4S/c1-23-11-25-15-8-13(5-6-14(15)18(22)24-2)21-10-12(9-19)17(20-21)16-4-3-7-26-16/h3-8,10H,11H2,1-2H3. The molecule has 3 rings (SSSR count). The molecule has 0 amide bonds. The highest BCUT2D eigenvalue weighted by atomic mass is 32.1. The second kappa shape index (κ2) is 7.82. The van der Waals surface area contributed by atoms with E-state index in [1.165, 1.54) is 25.6 Å². The van der Waals surface area contributed by atoms with Gasteiger partial charge < -0.3 is 14.2 Å². The van der Waals surface area contributed by atoms with E-state index in [9.17, 15) is 10.1 Å². The van der Waals surface area contributed by atoms with Crippen LogP contribution in [0.15, 0.2) is 41.9 Å². The van der Waals surface area contributed by atoms with E-state index in [0.29, 0.717) is 22.7 Å². The van der Waals surface area contributed by atoms with E-state index in [2.05, 4.69) is 11.2 Å². The molecule has 0 saturated heterocycles. The number of nitrogens with zero attached hydrogens (tertiary/aromatic N) is 3. The first-order valence-corrected chi connectivity index (χ1v) is 8.44. The molecule has 0 radical (unpaired) electrons. The fourth-order valence-electron chi connectivity index (χ4n) is 2.36. The predicted molar refractivity (Wildman–Crippen MR) is 95.4 cm³/mol. The second-order valence-corrected chi connectivity index (χ2v) is 6.10. The lowest BCUT2D eigenvalue weighted by Crippen LogP contribution is -2.08. The molecule has 1 aromatic carbocycles. The average Bonchev–Trinajstić information content (AvgIpc) is 3.34. The number of methoxy groups -OCH3 is 2. The predicted octanol–water partition coefficient (Wildman–Crippen LogP) is 3.24. The van der Waals surface area contributed by atoms with E-state index < -0.39 is 5.97 Å².